The van der Waals surface area contributed by atoms with E-state index in [9.17, 15) is 4.79 Å². The fraction of sp³-hybridized carbons (Fsp3) is 0.714. The van der Waals surface area contributed by atoms with Gasteiger partial charge in [-0.15, -0.1) is 0 Å². The van der Waals surface area contributed by atoms with Crippen LogP contribution >= 0.6 is 12.2 Å². The zero-order valence-corrected chi connectivity index (χ0v) is 8.25. The molecule has 0 bridgehead atoms. The lowest BCUT2D eigenvalue weighted by atomic mass is 10.4. The van der Waals surface area contributed by atoms with Crippen LogP contribution in [0.25, 0.3) is 0 Å². The van der Waals surface area contributed by atoms with Gasteiger partial charge in [-0.3, -0.25) is 4.79 Å². The summed E-state index contributed by atoms with van der Waals surface area (Å²) in [5.41, 5.74) is 0. The smallest absolute Gasteiger partial charge is 0.221 e. The van der Waals surface area contributed by atoms with E-state index in [1.807, 2.05) is 6.92 Å². The standard InChI is InChI=1S/C7H15N3OS/c1-3-9-6(11)4-5-10-7(12)8-2/h3-5H2,1-2H3,(H,9,11)(H2,8,10,12). The van der Waals surface area contributed by atoms with E-state index in [4.69, 9.17) is 12.2 Å². The summed E-state index contributed by atoms with van der Waals surface area (Å²) in [6.07, 6.45) is 0.454. The summed E-state index contributed by atoms with van der Waals surface area (Å²) in [5, 5.41) is 8.90. The van der Waals surface area contributed by atoms with Crippen LogP contribution < -0.4 is 16.0 Å². The molecule has 0 rings (SSSR count). The second-order valence-corrected chi connectivity index (χ2v) is 2.62. The first-order chi connectivity index (χ1) is 5.70. The minimum absolute atomic E-state index is 0.0453. The molecule has 0 heterocycles. The van der Waals surface area contributed by atoms with Crippen LogP contribution in [0.5, 0.6) is 0 Å². The molecule has 0 aliphatic carbocycles. The Labute approximate surface area is 78.1 Å². The fourth-order valence-electron chi connectivity index (χ4n) is 0.664. The average molecular weight is 189 g/mol. The Morgan fingerprint density at radius 3 is 2.58 bits per heavy atom. The van der Waals surface area contributed by atoms with Gasteiger partial charge in [0.1, 0.15) is 0 Å². The number of amides is 1. The van der Waals surface area contributed by atoms with Crippen molar-refractivity contribution in [1.82, 2.24) is 16.0 Å². The predicted octanol–water partition coefficient (Wildman–Crippen LogP) is -0.393. The summed E-state index contributed by atoms with van der Waals surface area (Å²) >= 11 is 4.82. The lowest BCUT2D eigenvalue weighted by Gasteiger charge is -2.06. The molecule has 0 aromatic heterocycles. The number of carbonyl (C=O) groups is 1. The molecule has 0 aliphatic heterocycles. The molecule has 12 heavy (non-hydrogen) atoms. The summed E-state index contributed by atoms with van der Waals surface area (Å²) in [6, 6.07) is 0. The van der Waals surface area contributed by atoms with Gasteiger partial charge in [0.05, 0.1) is 0 Å². The summed E-state index contributed by atoms with van der Waals surface area (Å²) < 4.78 is 0. The number of rotatable bonds is 4. The maximum atomic E-state index is 10.9. The van der Waals surface area contributed by atoms with E-state index in [0.717, 1.165) is 0 Å². The van der Waals surface area contributed by atoms with Crippen molar-refractivity contribution in [2.45, 2.75) is 13.3 Å². The number of hydrogen-bond donors (Lipinski definition) is 3. The van der Waals surface area contributed by atoms with Crippen LogP contribution in [-0.4, -0.2) is 31.2 Å². The van der Waals surface area contributed by atoms with Gasteiger partial charge in [0.2, 0.25) is 5.91 Å². The number of nitrogens with one attached hydrogen (secondary N) is 3. The highest BCUT2D eigenvalue weighted by molar-refractivity contribution is 7.80. The van der Waals surface area contributed by atoms with E-state index < -0.39 is 0 Å². The van der Waals surface area contributed by atoms with Crippen LogP contribution in [-0.2, 0) is 4.79 Å². The molecule has 70 valence electrons. The molecular weight excluding hydrogens is 174 g/mol. The van der Waals surface area contributed by atoms with E-state index >= 15 is 0 Å². The van der Waals surface area contributed by atoms with Crippen molar-refractivity contribution in [3.05, 3.63) is 0 Å². The molecule has 0 saturated carbocycles. The van der Waals surface area contributed by atoms with E-state index in [1.54, 1.807) is 7.05 Å². The van der Waals surface area contributed by atoms with Gasteiger partial charge in [0.25, 0.3) is 0 Å². The van der Waals surface area contributed by atoms with Gasteiger partial charge in [0, 0.05) is 26.6 Å². The molecule has 0 saturated heterocycles. The van der Waals surface area contributed by atoms with Gasteiger partial charge in [-0.05, 0) is 19.1 Å². The highest BCUT2D eigenvalue weighted by Gasteiger charge is 1.98. The number of thiocarbonyl (C=S) groups is 1. The quantitative estimate of drug-likeness (QED) is 0.527. The molecule has 1 amide bonds. The Bertz CT molecular complexity index is 161. The number of carbonyl (C=O) groups excluding carboxylic acids is 1. The maximum absolute atomic E-state index is 10.9. The van der Waals surface area contributed by atoms with Crippen molar-refractivity contribution in [2.24, 2.45) is 0 Å². The Morgan fingerprint density at radius 2 is 2.08 bits per heavy atom. The zero-order valence-electron chi connectivity index (χ0n) is 7.44. The summed E-state index contributed by atoms with van der Waals surface area (Å²) in [5.74, 6) is 0.0453. The SMILES string of the molecule is CCNC(=O)CCNC(=S)NC. The minimum atomic E-state index is 0.0453. The first-order valence-corrected chi connectivity index (χ1v) is 4.33. The van der Waals surface area contributed by atoms with Gasteiger partial charge in [-0.25, -0.2) is 0 Å². The first-order valence-electron chi connectivity index (χ1n) is 3.93. The van der Waals surface area contributed by atoms with Crippen LogP contribution in [0.4, 0.5) is 0 Å². The lowest BCUT2D eigenvalue weighted by Crippen LogP contribution is -2.35. The Balaban J connectivity index is 3.30. The predicted molar refractivity (Wildman–Crippen MR) is 53.0 cm³/mol. The minimum Gasteiger partial charge on any atom is -0.366 e. The molecule has 0 aromatic rings. The van der Waals surface area contributed by atoms with Crippen molar-refractivity contribution < 1.29 is 4.79 Å². The molecule has 0 aromatic carbocycles. The molecule has 3 N–H and O–H groups in total. The highest BCUT2D eigenvalue weighted by Crippen LogP contribution is 1.76. The molecule has 0 unspecified atom stereocenters. The van der Waals surface area contributed by atoms with E-state index in [0.29, 0.717) is 24.6 Å². The van der Waals surface area contributed by atoms with Crippen molar-refractivity contribution in [3.63, 3.8) is 0 Å². The van der Waals surface area contributed by atoms with Gasteiger partial charge in [-0.2, -0.15) is 0 Å². The normalized spacial score (nSPS) is 8.83. The molecule has 5 heteroatoms. The number of hydrogen-bond acceptors (Lipinski definition) is 2. The monoisotopic (exact) mass is 189 g/mol. The first kappa shape index (κ1) is 11.2. The fourth-order valence-corrected chi connectivity index (χ4v) is 0.766. The average Bonchev–Trinajstić information content (AvgIpc) is 2.04. The third-order valence-corrected chi connectivity index (χ3v) is 1.59. The second kappa shape index (κ2) is 6.84. The van der Waals surface area contributed by atoms with E-state index in [1.165, 1.54) is 0 Å². The van der Waals surface area contributed by atoms with Gasteiger partial charge in [0.15, 0.2) is 5.11 Å². The third kappa shape index (κ3) is 5.91. The summed E-state index contributed by atoms with van der Waals surface area (Å²) in [6.45, 7) is 3.14. The van der Waals surface area contributed by atoms with E-state index in [-0.39, 0.29) is 5.91 Å². The van der Waals surface area contributed by atoms with Crippen LogP contribution in [0.2, 0.25) is 0 Å². The van der Waals surface area contributed by atoms with Crippen LogP contribution in [0.15, 0.2) is 0 Å². The lowest BCUT2D eigenvalue weighted by molar-refractivity contribution is -0.120. The van der Waals surface area contributed by atoms with Gasteiger partial charge >= 0.3 is 0 Å². The van der Waals surface area contributed by atoms with Crippen molar-refractivity contribution >= 4 is 23.2 Å². The van der Waals surface area contributed by atoms with E-state index in [2.05, 4.69) is 16.0 Å². The molecule has 4 nitrogen and oxygen atoms in total. The van der Waals surface area contributed by atoms with Gasteiger partial charge in [-0.1, -0.05) is 0 Å². The summed E-state index contributed by atoms with van der Waals surface area (Å²) in [4.78, 5) is 10.9. The largest absolute Gasteiger partial charge is 0.366 e. The third-order valence-electron chi connectivity index (χ3n) is 1.24. The second-order valence-electron chi connectivity index (χ2n) is 2.21. The molecule has 0 atom stereocenters. The Kier molecular flexibility index (Phi) is 6.37. The summed E-state index contributed by atoms with van der Waals surface area (Å²) in [7, 11) is 1.74. The zero-order chi connectivity index (χ0) is 9.40. The van der Waals surface area contributed by atoms with Crippen molar-refractivity contribution in [1.29, 1.82) is 0 Å². The molecule has 0 spiro atoms. The topological polar surface area (TPSA) is 53.2 Å². The van der Waals surface area contributed by atoms with Crippen LogP contribution in [0.3, 0.4) is 0 Å². The molecule has 0 fully saturated rings. The van der Waals surface area contributed by atoms with Crippen molar-refractivity contribution in [2.75, 3.05) is 20.1 Å². The molecule has 0 radical (unpaired) electrons. The van der Waals surface area contributed by atoms with Crippen molar-refractivity contribution in [3.8, 4) is 0 Å². The molecular formula is C7H15N3OS. The Morgan fingerprint density at radius 1 is 1.42 bits per heavy atom. The highest BCUT2D eigenvalue weighted by atomic mass is 32.1. The van der Waals surface area contributed by atoms with Crippen LogP contribution in [0.1, 0.15) is 13.3 Å². The maximum Gasteiger partial charge on any atom is 0.221 e. The Hall–Kier alpha value is -0.840. The molecule has 0 aliphatic rings. The van der Waals surface area contributed by atoms with Crippen LogP contribution in [0, 0.1) is 0 Å². The van der Waals surface area contributed by atoms with Gasteiger partial charge < -0.3 is 16.0 Å².